The minimum Gasteiger partial charge on any atom is -0.508 e. The maximum atomic E-state index is 9.19. The summed E-state index contributed by atoms with van der Waals surface area (Å²) < 4.78 is 36.5. The van der Waals surface area contributed by atoms with Crippen molar-refractivity contribution in [3.63, 3.8) is 0 Å². The molecule has 5 N–H and O–H groups in total. The van der Waals surface area contributed by atoms with E-state index in [2.05, 4.69) is 19.7 Å². The van der Waals surface area contributed by atoms with Gasteiger partial charge in [0, 0.05) is 0 Å². The van der Waals surface area contributed by atoms with Gasteiger partial charge in [-0.3, -0.25) is 9.11 Å². The molecular weight excluding hydrogens is 364 g/mol. The van der Waals surface area contributed by atoms with E-state index in [0.717, 1.165) is 12.0 Å². The van der Waals surface area contributed by atoms with E-state index in [-0.39, 0.29) is 13.2 Å². The second-order valence-electron chi connectivity index (χ2n) is 4.13. The molecule has 0 amide bonds. The minimum absolute atomic E-state index is 0.125. The third kappa shape index (κ3) is 33.6. The molecule has 150 valence electrons. The number of para-hydroxylation sites is 1. The van der Waals surface area contributed by atoms with Crippen LogP contribution in [-0.4, -0.2) is 59.3 Å². The molecule has 8 nitrogen and oxygen atoms in total. The normalized spacial score (nSPS) is 9.08. The van der Waals surface area contributed by atoms with Crippen molar-refractivity contribution in [1.29, 1.82) is 0 Å². The zero-order chi connectivity index (χ0) is 20.8. The van der Waals surface area contributed by atoms with E-state index in [0.29, 0.717) is 19.0 Å². The number of aromatic hydroxyl groups is 1. The maximum Gasteiger partial charge on any atom is 0.394 e. The highest BCUT2D eigenvalue weighted by Crippen LogP contribution is 2.15. The summed E-state index contributed by atoms with van der Waals surface area (Å²) in [5.41, 5.74) is 0.928. The molecule has 1 aromatic carbocycles. The molecule has 0 atom stereocenters. The smallest absolute Gasteiger partial charge is 0.394 e. The van der Waals surface area contributed by atoms with Crippen LogP contribution in [0.1, 0.15) is 5.56 Å². The molecule has 0 saturated heterocycles. The molecule has 1 aromatic rings. The molecule has 0 bridgehead atoms. The van der Waals surface area contributed by atoms with E-state index in [9.17, 15) is 5.11 Å². The van der Waals surface area contributed by atoms with Crippen LogP contribution in [0.4, 0.5) is 0 Å². The monoisotopic (exact) mass is 392 g/mol. The number of allylic oxidation sites excluding steroid dienone is 1. The van der Waals surface area contributed by atoms with E-state index >= 15 is 0 Å². The third-order valence-corrected chi connectivity index (χ3v) is 1.93. The van der Waals surface area contributed by atoms with Crippen molar-refractivity contribution in [1.82, 2.24) is 0 Å². The average molecular weight is 392 g/mol. The van der Waals surface area contributed by atoms with Gasteiger partial charge in [-0.25, -0.2) is 0 Å². The van der Waals surface area contributed by atoms with Crippen molar-refractivity contribution in [2.75, 3.05) is 26.4 Å². The van der Waals surface area contributed by atoms with E-state index in [1.54, 1.807) is 24.3 Å². The Morgan fingerprint density at radius 2 is 1.35 bits per heavy atom. The van der Waals surface area contributed by atoms with E-state index in [4.69, 9.17) is 32.5 Å². The molecule has 0 aliphatic heterocycles. The number of hydrogen-bond donors (Lipinski definition) is 5. The van der Waals surface area contributed by atoms with Crippen molar-refractivity contribution in [2.24, 2.45) is 0 Å². The van der Waals surface area contributed by atoms with Gasteiger partial charge in [-0.1, -0.05) is 36.4 Å². The zero-order valence-corrected chi connectivity index (χ0v) is 15.4. The number of rotatable bonds is 7. The van der Waals surface area contributed by atoms with Gasteiger partial charge in [0.05, 0.1) is 26.4 Å². The van der Waals surface area contributed by atoms with Gasteiger partial charge < -0.3 is 20.1 Å². The molecule has 9 heteroatoms. The van der Waals surface area contributed by atoms with Crippen LogP contribution in [0.15, 0.2) is 62.2 Å². The SMILES string of the molecule is C=CCOCC=C.C=CCc1ccccc1O.O=S(=O)(O)O.OCCO. The average Bonchev–Trinajstić information content (AvgIpc) is 2.57. The van der Waals surface area contributed by atoms with Gasteiger partial charge in [-0.2, -0.15) is 8.42 Å². The van der Waals surface area contributed by atoms with Gasteiger partial charge in [0.2, 0.25) is 0 Å². The van der Waals surface area contributed by atoms with Crippen LogP contribution >= 0.6 is 0 Å². The van der Waals surface area contributed by atoms with E-state index < -0.39 is 10.4 Å². The third-order valence-electron chi connectivity index (χ3n) is 1.93. The van der Waals surface area contributed by atoms with Gasteiger partial charge in [0.25, 0.3) is 0 Å². The second kappa shape index (κ2) is 21.0. The summed E-state index contributed by atoms with van der Waals surface area (Å²) in [5, 5.41) is 24.4. The van der Waals surface area contributed by atoms with Crippen LogP contribution in [0.25, 0.3) is 0 Å². The number of aliphatic hydroxyl groups is 2. The molecule has 0 radical (unpaired) electrons. The van der Waals surface area contributed by atoms with Gasteiger partial charge in [-0.15, -0.1) is 19.7 Å². The Hall–Kier alpha value is -2.01. The summed E-state index contributed by atoms with van der Waals surface area (Å²) in [6.07, 6.45) is 5.93. The standard InChI is InChI=1S/C9H10O.C6H10O.C2H6O2.H2O4S/c1-2-5-8-6-3-4-7-9(8)10;1-3-5-7-6-4-2;3-1-2-4;1-5(2,3)4/h2-4,6-7,10H,1,5H2;3-4H,1-2,5-6H2;3-4H,1-2H2;(H2,1,2,3,4). The highest BCUT2D eigenvalue weighted by Gasteiger charge is 1.93. The Labute approximate surface area is 155 Å². The highest BCUT2D eigenvalue weighted by molar-refractivity contribution is 7.79. The fourth-order valence-electron chi connectivity index (χ4n) is 1.07. The molecule has 0 fully saturated rings. The summed E-state index contributed by atoms with van der Waals surface area (Å²) in [5.74, 6) is 0.349. The fourth-order valence-corrected chi connectivity index (χ4v) is 1.07. The number of hydrogen-bond acceptors (Lipinski definition) is 6. The minimum atomic E-state index is -4.67. The summed E-state index contributed by atoms with van der Waals surface area (Å²) >= 11 is 0. The lowest BCUT2D eigenvalue weighted by molar-refractivity contribution is 0.186. The quantitative estimate of drug-likeness (QED) is 0.268. The molecule has 0 heterocycles. The lowest BCUT2D eigenvalue weighted by atomic mass is 10.1. The van der Waals surface area contributed by atoms with Crippen molar-refractivity contribution < 1.29 is 37.6 Å². The molecule has 0 aliphatic rings. The Kier molecular flexibility index (Phi) is 23.3. The Morgan fingerprint density at radius 1 is 0.923 bits per heavy atom. The summed E-state index contributed by atoms with van der Waals surface area (Å²) in [6, 6.07) is 7.27. The Balaban J connectivity index is -0.000000292. The number of ether oxygens (including phenoxy) is 1. The van der Waals surface area contributed by atoms with Crippen molar-refractivity contribution >= 4 is 10.4 Å². The topological polar surface area (TPSA) is 145 Å². The van der Waals surface area contributed by atoms with Gasteiger partial charge in [0.15, 0.2) is 0 Å². The molecule has 26 heavy (non-hydrogen) atoms. The zero-order valence-electron chi connectivity index (χ0n) is 14.6. The van der Waals surface area contributed by atoms with Gasteiger partial charge >= 0.3 is 10.4 Å². The molecule has 0 saturated carbocycles. The number of phenols is 1. The molecule has 0 aromatic heterocycles. The highest BCUT2D eigenvalue weighted by atomic mass is 32.3. The van der Waals surface area contributed by atoms with Crippen LogP contribution in [0.5, 0.6) is 5.75 Å². The lowest BCUT2D eigenvalue weighted by Crippen LogP contribution is -1.89. The first kappa shape index (κ1) is 28.8. The van der Waals surface area contributed by atoms with Crippen LogP contribution in [0, 0.1) is 0 Å². The summed E-state index contributed by atoms with van der Waals surface area (Å²) in [4.78, 5) is 0. The van der Waals surface area contributed by atoms with Crippen LogP contribution in [0.2, 0.25) is 0 Å². The largest absolute Gasteiger partial charge is 0.508 e. The second-order valence-corrected chi connectivity index (χ2v) is 5.03. The first-order chi connectivity index (χ1) is 12.2. The molecule has 1 rings (SSSR count). The van der Waals surface area contributed by atoms with Crippen LogP contribution < -0.4 is 0 Å². The van der Waals surface area contributed by atoms with Crippen molar-refractivity contribution in [3.05, 3.63) is 67.8 Å². The fraction of sp³-hybridized carbons (Fsp3) is 0.294. The number of aliphatic hydroxyl groups excluding tert-OH is 2. The molecule has 0 unspecified atom stereocenters. The summed E-state index contributed by atoms with van der Waals surface area (Å²) in [7, 11) is -4.67. The maximum absolute atomic E-state index is 9.19. The van der Waals surface area contributed by atoms with Crippen molar-refractivity contribution in [2.45, 2.75) is 6.42 Å². The van der Waals surface area contributed by atoms with Crippen LogP contribution in [-0.2, 0) is 21.6 Å². The van der Waals surface area contributed by atoms with E-state index in [1.807, 2.05) is 18.2 Å². The number of phenolic OH excluding ortho intramolecular Hbond substituents is 1. The lowest BCUT2D eigenvalue weighted by Gasteiger charge is -1.97. The Bertz CT molecular complexity index is 552. The number of benzene rings is 1. The van der Waals surface area contributed by atoms with Gasteiger partial charge in [0.1, 0.15) is 5.75 Å². The first-order valence-electron chi connectivity index (χ1n) is 7.26. The van der Waals surface area contributed by atoms with Crippen LogP contribution in [0.3, 0.4) is 0 Å². The summed E-state index contributed by atoms with van der Waals surface area (Å²) in [6.45, 7) is 11.5. The van der Waals surface area contributed by atoms with Gasteiger partial charge in [-0.05, 0) is 18.1 Å². The molecule has 0 spiro atoms. The Morgan fingerprint density at radius 3 is 1.65 bits per heavy atom. The first-order valence-corrected chi connectivity index (χ1v) is 8.66. The van der Waals surface area contributed by atoms with Crippen molar-refractivity contribution in [3.8, 4) is 5.75 Å². The van der Waals surface area contributed by atoms with E-state index in [1.165, 1.54) is 0 Å². The molecule has 0 aliphatic carbocycles. The predicted octanol–water partition coefficient (Wildman–Crippen LogP) is 1.81. The predicted molar refractivity (Wildman–Crippen MR) is 102 cm³/mol. The molecular formula is C17H28O8S.